The quantitative estimate of drug-likeness (QED) is 0.669. The van der Waals surface area contributed by atoms with Gasteiger partial charge in [-0.1, -0.05) is 6.07 Å². The lowest BCUT2D eigenvalue weighted by Crippen LogP contribution is -2.62. The van der Waals surface area contributed by atoms with E-state index in [0.29, 0.717) is 49.9 Å². The fraction of sp³-hybridized carbons (Fsp3) is 0.522. The van der Waals surface area contributed by atoms with Crippen molar-refractivity contribution in [3.8, 4) is 5.75 Å². The monoisotopic (exact) mass is 447 g/mol. The Morgan fingerprint density at radius 3 is 2.53 bits per heavy atom. The first-order chi connectivity index (χ1) is 15.3. The standard InChI is InChI=1S/C23H24F3N3O3/c24-23(25,26)32-19-10-15(9-17(11-19)16-2-3-16)1-4-20-27-12-18(13-28-20)21(30)29-7-5-22(29)6-8-31-14-22/h9-13,16H,1-8,14H2/t22-/m1/s1. The van der Waals surface area contributed by atoms with Gasteiger partial charge in [0, 0.05) is 32.0 Å². The second-order valence-electron chi connectivity index (χ2n) is 8.85. The first kappa shape index (κ1) is 21.2. The van der Waals surface area contributed by atoms with Gasteiger partial charge in [-0.25, -0.2) is 9.97 Å². The third-order valence-electron chi connectivity index (χ3n) is 6.56. The van der Waals surface area contributed by atoms with E-state index >= 15 is 0 Å². The highest BCUT2D eigenvalue weighted by Gasteiger charge is 2.50. The number of carbonyl (C=O) groups excluding carboxylic acids is 1. The van der Waals surface area contributed by atoms with Crippen molar-refractivity contribution in [1.29, 1.82) is 0 Å². The van der Waals surface area contributed by atoms with Crippen molar-refractivity contribution in [1.82, 2.24) is 14.9 Å². The molecule has 1 aromatic heterocycles. The van der Waals surface area contributed by atoms with Gasteiger partial charge in [-0.15, -0.1) is 13.2 Å². The Morgan fingerprint density at radius 2 is 1.94 bits per heavy atom. The van der Waals surface area contributed by atoms with Crippen LogP contribution in [0.3, 0.4) is 0 Å². The van der Waals surface area contributed by atoms with Gasteiger partial charge in [-0.3, -0.25) is 4.79 Å². The van der Waals surface area contributed by atoms with Gasteiger partial charge >= 0.3 is 6.36 Å². The van der Waals surface area contributed by atoms with Gasteiger partial charge in [-0.05, 0) is 61.3 Å². The fourth-order valence-electron chi connectivity index (χ4n) is 4.54. The normalized spacial score (nSPS) is 22.8. The molecule has 3 aliphatic rings. The molecule has 0 N–H and O–H groups in total. The second kappa shape index (κ2) is 8.03. The number of ether oxygens (including phenoxy) is 2. The smallest absolute Gasteiger partial charge is 0.406 e. The molecule has 2 saturated heterocycles. The van der Waals surface area contributed by atoms with Crippen LogP contribution in [0.25, 0.3) is 0 Å². The summed E-state index contributed by atoms with van der Waals surface area (Å²) in [5, 5.41) is 0. The third-order valence-corrected chi connectivity index (χ3v) is 6.56. The summed E-state index contributed by atoms with van der Waals surface area (Å²) in [6.07, 6.45) is 3.07. The van der Waals surface area contributed by atoms with E-state index in [1.165, 1.54) is 24.5 Å². The molecule has 6 nitrogen and oxygen atoms in total. The molecule has 32 heavy (non-hydrogen) atoms. The highest BCUT2D eigenvalue weighted by Crippen LogP contribution is 2.42. The highest BCUT2D eigenvalue weighted by molar-refractivity contribution is 5.94. The molecule has 1 aromatic carbocycles. The number of amides is 1. The van der Waals surface area contributed by atoms with Crippen LogP contribution < -0.4 is 4.74 Å². The zero-order valence-corrected chi connectivity index (χ0v) is 17.5. The van der Waals surface area contributed by atoms with Crippen molar-refractivity contribution in [2.45, 2.75) is 56.3 Å². The number of benzene rings is 1. The van der Waals surface area contributed by atoms with Crippen LogP contribution in [0.15, 0.2) is 30.6 Å². The molecule has 3 fully saturated rings. The van der Waals surface area contributed by atoms with Crippen LogP contribution in [-0.4, -0.2) is 52.4 Å². The van der Waals surface area contributed by atoms with Gasteiger partial charge in [0.1, 0.15) is 11.6 Å². The number of halogens is 3. The van der Waals surface area contributed by atoms with E-state index in [0.717, 1.165) is 36.8 Å². The summed E-state index contributed by atoms with van der Waals surface area (Å²) >= 11 is 0. The first-order valence-corrected chi connectivity index (χ1v) is 10.9. The third kappa shape index (κ3) is 4.44. The molecule has 0 radical (unpaired) electrons. The average Bonchev–Trinajstić information content (AvgIpc) is 3.46. The number of alkyl halides is 3. The van der Waals surface area contributed by atoms with Crippen LogP contribution in [-0.2, 0) is 17.6 Å². The van der Waals surface area contributed by atoms with E-state index in [9.17, 15) is 18.0 Å². The summed E-state index contributed by atoms with van der Waals surface area (Å²) in [5.41, 5.74) is 1.90. The zero-order valence-electron chi connectivity index (χ0n) is 17.5. The lowest BCUT2D eigenvalue weighted by molar-refractivity contribution is -0.274. The van der Waals surface area contributed by atoms with E-state index in [-0.39, 0.29) is 17.2 Å². The summed E-state index contributed by atoms with van der Waals surface area (Å²) in [7, 11) is 0. The van der Waals surface area contributed by atoms with E-state index in [4.69, 9.17) is 4.74 Å². The van der Waals surface area contributed by atoms with E-state index in [1.807, 2.05) is 11.0 Å². The van der Waals surface area contributed by atoms with Gasteiger partial charge in [0.05, 0.1) is 17.7 Å². The Kier molecular flexibility index (Phi) is 5.31. The Morgan fingerprint density at radius 1 is 1.16 bits per heavy atom. The van der Waals surface area contributed by atoms with Crippen LogP contribution in [0, 0.1) is 0 Å². The molecule has 0 unspecified atom stereocenters. The summed E-state index contributed by atoms with van der Waals surface area (Å²) in [4.78, 5) is 23.3. The molecule has 1 saturated carbocycles. The van der Waals surface area contributed by atoms with Crippen LogP contribution >= 0.6 is 0 Å². The number of likely N-dealkylation sites (tertiary alicyclic amines) is 1. The molecule has 9 heteroatoms. The van der Waals surface area contributed by atoms with Gasteiger partial charge in [0.2, 0.25) is 0 Å². The molecule has 1 aliphatic carbocycles. The minimum absolute atomic E-state index is 0.0839. The Bertz CT molecular complexity index is 1000. The first-order valence-electron chi connectivity index (χ1n) is 10.9. The molecule has 3 heterocycles. The topological polar surface area (TPSA) is 64.5 Å². The van der Waals surface area contributed by atoms with Gasteiger partial charge in [0.15, 0.2) is 0 Å². The number of hydrogen-bond donors (Lipinski definition) is 0. The van der Waals surface area contributed by atoms with Crippen LogP contribution in [0.4, 0.5) is 13.2 Å². The maximum absolute atomic E-state index is 12.8. The number of hydrogen-bond acceptors (Lipinski definition) is 5. The largest absolute Gasteiger partial charge is 0.573 e. The van der Waals surface area contributed by atoms with Crippen molar-refractivity contribution < 1.29 is 27.4 Å². The second-order valence-corrected chi connectivity index (χ2v) is 8.85. The maximum Gasteiger partial charge on any atom is 0.573 e. The summed E-state index contributed by atoms with van der Waals surface area (Å²) in [6.45, 7) is 1.97. The highest BCUT2D eigenvalue weighted by atomic mass is 19.4. The molecule has 1 amide bonds. The van der Waals surface area contributed by atoms with Crippen molar-refractivity contribution >= 4 is 5.91 Å². The van der Waals surface area contributed by atoms with Crippen LogP contribution in [0.5, 0.6) is 5.75 Å². The molecule has 1 atom stereocenters. The predicted octanol–water partition coefficient (Wildman–Crippen LogP) is 4.04. The summed E-state index contributed by atoms with van der Waals surface area (Å²) in [6, 6.07) is 4.83. The van der Waals surface area contributed by atoms with Gasteiger partial charge < -0.3 is 14.4 Å². The SMILES string of the molecule is O=C(c1cnc(CCc2cc(OC(F)(F)F)cc(C3CC3)c2)nc1)N1CC[C@]12CCOC2. The molecule has 5 rings (SSSR count). The molecule has 2 aromatic rings. The lowest BCUT2D eigenvalue weighted by Gasteiger charge is -2.49. The van der Waals surface area contributed by atoms with Crippen LogP contribution in [0.2, 0.25) is 0 Å². The minimum atomic E-state index is -4.72. The lowest BCUT2D eigenvalue weighted by atomic mass is 9.83. The molecule has 170 valence electrons. The molecular formula is C23H24F3N3O3. The predicted molar refractivity (Wildman–Crippen MR) is 108 cm³/mol. The van der Waals surface area contributed by atoms with E-state index in [2.05, 4.69) is 14.7 Å². The van der Waals surface area contributed by atoms with Crippen molar-refractivity contribution in [3.63, 3.8) is 0 Å². The number of aryl methyl sites for hydroxylation is 2. The fourth-order valence-corrected chi connectivity index (χ4v) is 4.54. The number of carbonyl (C=O) groups is 1. The van der Waals surface area contributed by atoms with Gasteiger partial charge in [-0.2, -0.15) is 0 Å². The van der Waals surface area contributed by atoms with Crippen molar-refractivity contribution in [3.05, 3.63) is 53.1 Å². The van der Waals surface area contributed by atoms with Gasteiger partial charge in [0.25, 0.3) is 5.91 Å². The maximum atomic E-state index is 12.8. The number of aromatic nitrogens is 2. The minimum Gasteiger partial charge on any atom is -0.406 e. The van der Waals surface area contributed by atoms with Crippen molar-refractivity contribution in [2.75, 3.05) is 19.8 Å². The molecule has 1 spiro atoms. The van der Waals surface area contributed by atoms with E-state index in [1.54, 1.807) is 0 Å². The number of nitrogens with zero attached hydrogens (tertiary/aromatic N) is 3. The van der Waals surface area contributed by atoms with Crippen molar-refractivity contribution in [2.24, 2.45) is 0 Å². The summed E-state index contributed by atoms with van der Waals surface area (Å²) in [5.74, 6) is 0.582. The Balaban J connectivity index is 1.24. The zero-order chi connectivity index (χ0) is 22.3. The molecular weight excluding hydrogens is 423 g/mol. The average molecular weight is 447 g/mol. The summed E-state index contributed by atoms with van der Waals surface area (Å²) < 4.78 is 47.7. The van der Waals surface area contributed by atoms with Crippen LogP contribution in [0.1, 0.15) is 58.9 Å². The molecule has 0 bridgehead atoms. The van der Waals surface area contributed by atoms with E-state index < -0.39 is 6.36 Å². The Labute approximate surface area is 183 Å². The number of rotatable bonds is 6. The Hall–Kier alpha value is -2.68. The molecule has 2 aliphatic heterocycles.